The zero-order valence-electron chi connectivity index (χ0n) is 21.0. The predicted octanol–water partition coefficient (Wildman–Crippen LogP) is 8.01. The largest absolute Gasteiger partial charge is 0.502 e. The van der Waals surface area contributed by atoms with E-state index < -0.39 is 32.7 Å². The highest BCUT2D eigenvalue weighted by molar-refractivity contribution is 6.31. The van der Waals surface area contributed by atoms with Gasteiger partial charge in [-0.15, -0.1) is 0 Å². The summed E-state index contributed by atoms with van der Waals surface area (Å²) in [5.74, 6) is -1.04. The highest BCUT2D eigenvalue weighted by Crippen LogP contribution is 2.35. The third-order valence-corrected chi connectivity index (χ3v) is 6.41. The van der Waals surface area contributed by atoms with Crippen molar-refractivity contribution < 1.29 is 20.1 Å². The van der Waals surface area contributed by atoms with E-state index in [1.807, 2.05) is 38.1 Å². The third-order valence-electron chi connectivity index (χ3n) is 5.97. The summed E-state index contributed by atoms with van der Waals surface area (Å²) in [4.78, 5) is 29.6. The Balaban J connectivity index is 1.58. The summed E-state index contributed by atoms with van der Waals surface area (Å²) in [6.45, 7) is 3.72. The minimum atomic E-state index is -0.718. The quantitative estimate of drug-likeness (QED) is 0.129. The first-order chi connectivity index (χ1) is 18.9. The summed E-state index contributed by atoms with van der Waals surface area (Å²) < 4.78 is 0. The molecule has 12 heteroatoms. The van der Waals surface area contributed by atoms with Crippen molar-refractivity contribution in [1.82, 2.24) is 0 Å². The molecule has 0 saturated heterocycles. The van der Waals surface area contributed by atoms with Crippen LogP contribution >= 0.6 is 23.2 Å². The average Bonchev–Trinajstić information content (AvgIpc) is 2.89. The van der Waals surface area contributed by atoms with Crippen LogP contribution in [0.5, 0.6) is 11.5 Å². The van der Waals surface area contributed by atoms with Gasteiger partial charge in [0.2, 0.25) is 11.5 Å². The zero-order chi connectivity index (χ0) is 29.1. The molecule has 4 aromatic rings. The SMILES string of the molecule is Cc1cc(-c2ccc(N=Cc3cc(Cl)cc([N+](=O)[O-])c3O)c(C)c2)ccc1N=Cc1cc(Cl)cc([N+](=O)[O-])c1O. The van der Waals surface area contributed by atoms with Crippen LogP contribution in [-0.4, -0.2) is 32.5 Å². The summed E-state index contributed by atoms with van der Waals surface area (Å²) in [7, 11) is 0. The molecule has 4 rings (SSSR count). The van der Waals surface area contributed by atoms with Crippen molar-refractivity contribution >= 4 is 58.4 Å². The number of phenolic OH excluding ortho intramolecular Hbond substituents is 2. The minimum Gasteiger partial charge on any atom is -0.502 e. The Hall–Kier alpha value is -4.80. The predicted molar refractivity (Wildman–Crippen MR) is 155 cm³/mol. The van der Waals surface area contributed by atoms with E-state index in [0.29, 0.717) is 11.4 Å². The number of hydrogen-bond donors (Lipinski definition) is 2. The van der Waals surface area contributed by atoms with Gasteiger partial charge in [0.25, 0.3) is 0 Å². The Morgan fingerprint density at radius 1 is 0.675 bits per heavy atom. The second-order valence-electron chi connectivity index (χ2n) is 8.76. The fourth-order valence-corrected chi connectivity index (χ4v) is 4.37. The smallest absolute Gasteiger partial charge is 0.312 e. The van der Waals surface area contributed by atoms with Crippen molar-refractivity contribution in [2.75, 3.05) is 0 Å². The molecule has 0 atom stereocenters. The summed E-state index contributed by atoms with van der Waals surface area (Å²) >= 11 is 11.9. The molecule has 40 heavy (non-hydrogen) atoms. The molecule has 0 bridgehead atoms. The first-order valence-electron chi connectivity index (χ1n) is 11.6. The number of benzene rings is 4. The monoisotopic (exact) mass is 578 g/mol. The molecule has 10 nitrogen and oxygen atoms in total. The number of nitrogens with zero attached hydrogens (tertiary/aromatic N) is 4. The number of aromatic hydroxyl groups is 2. The highest BCUT2D eigenvalue weighted by Gasteiger charge is 2.19. The van der Waals surface area contributed by atoms with Gasteiger partial charge in [-0.05, 0) is 72.5 Å². The van der Waals surface area contributed by atoms with Crippen molar-refractivity contribution in [2.24, 2.45) is 9.98 Å². The van der Waals surface area contributed by atoms with E-state index in [1.165, 1.54) is 24.6 Å². The van der Waals surface area contributed by atoms with Crippen molar-refractivity contribution in [1.29, 1.82) is 0 Å². The number of nitro groups is 2. The lowest BCUT2D eigenvalue weighted by atomic mass is 10.00. The normalized spacial score (nSPS) is 11.4. The van der Waals surface area contributed by atoms with Crippen molar-refractivity contribution in [2.45, 2.75) is 13.8 Å². The lowest BCUT2D eigenvalue weighted by Gasteiger charge is -2.09. The molecular weight excluding hydrogens is 559 g/mol. The van der Waals surface area contributed by atoms with Crippen LogP contribution in [0.4, 0.5) is 22.7 Å². The Morgan fingerprint density at radius 3 is 1.38 bits per heavy atom. The fourth-order valence-electron chi connectivity index (χ4n) is 3.92. The maximum absolute atomic E-state index is 11.1. The summed E-state index contributed by atoms with van der Waals surface area (Å²) in [6, 6.07) is 16.1. The number of rotatable bonds is 7. The van der Waals surface area contributed by atoms with Gasteiger partial charge in [0.05, 0.1) is 21.2 Å². The van der Waals surface area contributed by atoms with Gasteiger partial charge in [-0.1, -0.05) is 35.3 Å². The molecule has 0 amide bonds. The molecule has 2 N–H and O–H groups in total. The van der Waals surface area contributed by atoms with E-state index in [9.17, 15) is 30.4 Å². The third kappa shape index (κ3) is 6.09. The topological polar surface area (TPSA) is 151 Å². The Kier molecular flexibility index (Phi) is 8.13. The van der Waals surface area contributed by atoms with Crippen LogP contribution in [0.25, 0.3) is 11.1 Å². The molecule has 0 radical (unpaired) electrons. The average molecular weight is 579 g/mol. The second kappa shape index (κ2) is 11.5. The van der Waals surface area contributed by atoms with Crippen LogP contribution < -0.4 is 0 Å². The number of aryl methyl sites for hydroxylation is 2. The molecule has 202 valence electrons. The first kappa shape index (κ1) is 28.2. The first-order valence-corrected chi connectivity index (χ1v) is 12.3. The molecule has 0 unspecified atom stereocenters. The number of halogens is 2. The van der Waals surface area contributed by atoms with Crippen molar-refractivity contribution in [3.63, 3.8) is 0 Å². The van der Waals surface area contributed by atoms with Gasteiger partial charge in [0.1, 0.15) is 0 Å². The van der Waals surface area contributed by atoms with E-state index in [1.54, 1.807) is 12.1 Å². The molecule has 0 aliphatic heterocycles. The molecule has 0 heterocycles. The second-order valence-corrected chi connectivity index (χ2v) is 9.63. The van der Waals surface area contributed by atoms with E-state index in [4.69, 9.17) is 23.2 Å². The van der Waals surface area contributed by atoms with Crippen LogP contribution in [0.3, 0.4) is 0 Å². The van der Waals surface area contributed by atoms with Gasteiger partial charge >= 0.3 is 11.4 Å². The minimum absolute atomic E-state index is 0.104. The van der Waals surface area contributed by atoms with Crippen LogP contribution in [0.15, 0.2) is 70.6 Å². The fraction of sp³-hybridized carbons (Fsp3) is 0.0714. The zero-order valence-corrected chi connectivity index (χ0v) is 22.5. The molecule has 0 fully saturated rings. The summed E-state index contributed by atoms with van der Waals surface area (Å²) in [6.07, 6.45) is 2.64. The van der Waals surface area contributed by atoms with Crippen molar-refractivity contribution in [3.05, 3.63) is 113 Å². The number of hydrogen-bond acceptors (Lipinski definition) is 8. The van der Waals surface area contributed by atoms with Gasteiger partial charge in [-0.25, -0.2) is 0 Å². The Labute approximate surface area is 237 Å². The number of nitro benzene ring substituents is 2. The summed E-state index contributed by atoms with van der Waals surface area (Å²) in [5, 5.41) is 42.8. The lowest BCUT2D eigenvalue weighted by molar-refractivity contribution is -0.386. The molecule has 0 saturated carbocycles. The van der Waals surface area contributed by atoms with E-state index in [-0.39, 0.29) is 21.2 Å². The van der Waals surface area contributed by atoms with Crippen LogP contribution in [0.2, 0.25) is 10.0 Å². The Morgan fingerprint density at radius 2 is 1.05 bits per heavy atom. The Bertz CT molecular complexity index is 1610. The van der Waals surface area contributed by atoms with Crippen molar-refractivity contribution in [3.8, 4) is 22.6 Å². The van der Waals surface area contributed by atoms with Gasteiger partial charge in [0, 0.05) is 45.7 Å². The van der Waals surface area contributed by atoms with E-state index >= 15 is 0 Å². The molecule has 4 aromatic carbocycles. The summed E-state index contributed by atoms with van der Waals surface area (Å²) in [5.41, 5.74) is 3.87. The molecule has 0 aliphatic rings. The van der Waals surface area contributed by atoms with Crippen LogP contribution in [0.1, 0.15) is 22.3 Å². The van der Waals surface area contributed by atoms with Gasteiger partial charge in [0.15, 0.2) is 0 Å². The van der Waals surface area contributed by atoms with Crippen LogP contribution in [-0.2, 0) is 0 Å². The highest BCUT2D eigenvalue weighted by atomic mass is 35.5. The van der Waals surface area contributed by atoms with E-state index in [2.05, 4.69) is 9.98 Å². The molecule has 0 aromatic heterocycles. The maximum atomic E-state index is 11.1. The maximum Gasteiger partial charge on any atom is 0.312 e. The van der Waals surface area contributed by atoms with Crippen LogP contribution in [0, 0.1) is 34.1 Å². The van der Waals surface area contributed by atoms with Gasteiger partial charge < -0.3 is 10.2 Å². The lowest BCUT2D eigenvalue weighted by Crippen LogP contribution is -1.93. The molecule has 0 aliphatic carbocycles. The number of aliphatic imine (C=N–C) groups is 2. The molecule has 0 spiro atoms. The van der Waals surface area contributed by atoms with E-state index in [0.717, 1.165) is 34.4 Å². The molecular formula is C28H20Cl2N4O6. The van der Waals surface area contributed by atoms with Gasteiger partial charge in [-0.3, -0.25) is 30.2 Å². The number of phenols is 2. The van der Waals surface area contributed by atoms with Gasteiger partial charge in [-0.2, -0.15) is 0 Å². The standard InChI is InChI=1S/C28H20Cl2N4O6/c1-15-7-17(3-5-23(15)31-13-19-9-21(29)11-25(27(19)35)33(37)38)18-4-6-24(16(2)8-18)32-14-20-10-22(30)12-26(28(20)36)34(39)40/h3-14,35-36H,1-2H3.